The number of hydrogen-bond acceptors (Lipinski definition) is 4. The molecule has 4 heteroatoms. The van der Waals surface area contributed by atoms with Crippen molar-refractivity contribution in [1.82, 2.24) is 0 Å². The number of phenolic OH excluding ortho intramolecular Hbond substituents is 1. The molecule has 27 heavy (non-hydrogen) atoms. The normalized spacial score (nSPS) is 37.4. The summed E-state index contributed by atoms with van der Waals surface area (Å²) in [6.07, 6.45) is 2.48. The van der Waals surface area contributed by atoms with Crippen molar-refractivity contribution in [2.24, 2.45) is 22.7 Å². The second-order valence-electron chi connectivity index (χ2n) is 10.4. The van der Waals surface area contributed by atoms with Crippen LogP contribution in [0.25, 0.3) is 0 Å². The number of phenols is 1. The zero-order valence-electron chi connectivity index (χ0n) is 16.7. The molecule has 3 aliphatic rings. The first-order chi connectivity index (χ1) is 12.6. The fourth-order valence-corrected chi connectivity index (χ4v) is 5.77. The Morgan fingerprint density at radius 3 is 1.70 bits per heavy atom. The van der Waals surface area contributed by atoms with E-state index in [0.29, 0.717) is 12.8 Å². The van der Waals surface area contributed by atoms with Crippen LogP contribution in [0.15, 0.2) is 24.3 Å². The van der Waals surface area contributed by atoms with Gasteiger partial charge in [-0.1, -0.05) is 39.8 Å². The molecule has 1 heterocycles. The predicted octanol–water partition coefficient (Wildman–Crippen LogP) is 4.25. The molecule has 0 spiro atoms. The van der Waals surface area contributed by atoms with E-state index in [1.54, 1.807) is 12.1 Å². The van der Waals surface area contributed by atoms with Gasteiger partial charge in [-0.15, -0.1) is 0 Å². The molecular weight excluding hydrogens is 340 g/mol. The molecule has 1 aromatic carbocycles. The highest BCUT2D eigenvalue weighted by Gasteiger charge is 2.57. The van der Waals surface area contributed by atoms with Gasteiger partial charge >= 0.3 is 0 Å². The Hall–Kier alpha value is -1.68. The Labute approximate surface area is 161 Å². The van der Waals surface area contributed by atoms with Crippen LogP contribution in [0, 0.1) is 22.7 Å². The molecule has 4 nitrogen and oxygen atoms in total. The third-order valence-electron chi connectivity index (χ3n) is 6.76. The number of fused-ring (bicyclic) bond motifs is 2. The summed E-state index contributed by atoms with van der Waals surface area (Å²) in [5.74, 6) is -0.0635. The molecule has 0 radical (unpaired) electrons. The molecule has 2 saturated carbocycles. The first-order valence-corrected chi connectivity index (χ1v) is 10.1. The molecule has 3 fully saturated rings. The lowest BCUT2D eigenvalue weighted by Crippen LogP contribution is -2.58. The minimum absolute atomic E-state index is 0.0706. The lowest BCUT2D eigenvalue weighted by molar-refractivity contribution is -0.186. The van der Waals surface area contributed by atoms with Gasteiger partial charge in [0.2, 0.25) is 0 Å². The average Bonchev–Trinajstić information content (AvgIpc) is 2.51. The number of aromatic hydroxyl groups is 1. The fourth-order valence-electron chi connectivity index (χ4n) is 5.77. The second-order valence-corrected chi connectivity index (χ2v) is 10.4. The summed E-state index contributed by atoms with van der Waals surface area (Å²) >= 11 is 0. The highest BCUT2D eigenvalue weighted by molar-refractivity contribution is 5.89. The summed E-state index contributed by atoms with van der Waals surface area (Å²) in [4.78, 5) is 26.3. The number of carbonyl (C=O) groups excluding carboxylic acids is 2. The Kier molecular flexibility index (Phi) is 4.26. The summed E-state index contributed by atoms with van der Waals surface area (Å²) in [6, 6.07) is 7.06. The van der Waals surface area contributed by atoms with Crippen LogP contribution < -0.4 is 0 Å². The van der Waals surface area contributed by atoms with Gasteiger partial charge in [-0.3, -0.25) is 9.59 Å². The van der Waals surface area contributed by atoms with Crippen molar-refractivity contribution in [2.45, 2.75) is 71.5 Å². The minimum atomic E-state index is -0.269. The van der Waals surface area contributed by atoms with E-state index >= 15 is 0 Å². The maximum atomic E-state index is 13.2. The Morgan fingerprint density at radius 2 is 1.26 bits per heavy atom. The molecule has 0 aromatic heterocycles. The summed E-state index contributed by atoms with van der Waals surface area (Å²) < 4.78 is 6.49. The number of benzene rings is 1. The lowest BCUT2D eigenvalue weighted by Gasteiger charge is -2.54. The molecule has 4 rings (SSSR count). The van der Waals surface area contributed by atoms with E-state index in [2.05, 4.69) is 27.7 Å². The molecular formula is C23H30O4. The number of Topliss-reactive ketones (excluding diaryl/α,β-unsaturated/α-hetero) is 2. The van der Waals surface area contributed by atoms with Gasteiger partial charge in [0, 0.05) is 18.8 Å². The Bertz CT molecular complexity index is 719. The molecule has 1 N–H and O–H groups in total. The van der Waals surface area contributed by atoms with Gasteiger partial charge in [-0.05, 0) is 41.4 Å². The highest BCUT2D eigenvalue weighted by atomic mass is 16.5. The Morgan fingerprint density at radius 1 is 0.815 bits per heavy atom. The van der Waals surface area contributed by atoms with Crippen LogP contribution >= 0.6 is 0 Å². The van der Waals surface area contributed by atoms with Gasteiger partial charge in [0.25, 0.3) is 0 Å². The van der Waals surface area contributed by atoms with Gasteiger partial charge in [0.1, 0.15) is 17.3 Å². The number of carbonyl (C=O) groups is 2. The quantitative estimate of drug-likeness (QED) is 0.802. The molecule has 1 aromatic rings. The summed E-state index contributed by atoms with van der Waals surface area (Å²) in [6.45, 7) is 8.51. The number of rotatable bonds is 1. The first kappa shape index (κ1) is 18.7. The van der Waals surface area contributed by atoms with Gasteiger partial charge in [-0.25, -0.2) is 0 Å². The largest absolute Gasteiger partial charge is 0.508 e. The molecule has 4 atom stereocenters. The smallest absolute Gasteiger partial charge is 0.139 e. The monoisotopic (exact) mass is 370 g/mol. The average molecular weight is 370 g/mol. The van der Waals surface area contributed by atoms with Crippen LogP contribution in [0.3, 0.4) is 0 Å². The number of ether oxygens (including phenoxy) is 1. The lowest BCUT2D eigenvalue weighted by atomic mass is 9.56. The molecule has 0 amide bonds. The maximum Gasteiger partial charge on any atom is 0.139 e. The van der Waals surface area contributed by atoms with E-state index < -0.39 is 0 Å². The molecule has 2 aliphatic carbocycles. The highest BCUT2D eigenvalue weighted by Crippen LogP contribution is 2.54. The van der Waals surface area contributed by atoms with Gasteiger partial charge in [-0.2, -0.15) is 0 Å². The number of ketones is 2. The Balaban J connectivity index is 1.79. The summed E-state index contributed by atoms with van der Waals surface area (Å²) in [5, 5.41) is 9.70. The predicted molar refractivity (Wildman–Crippen MR) is 103 cm³/mol. The van der Waals surface area contributed by atoms with Crippen molar-refractivity contribution in [2.75, 3.05) is 0 Å². The van der Waals surface area contributed by atoms with E-state index in [-0.39, 0.29) is 58.1 Å². The third kappa shape index (κ3) is 3.33. The van der Waals surface area contributed by atoms with Gasteiger partial charge < -0.3 is 9.84 Å². The third-order valence-corrected chi connectivity index (χ3v) is 6.76. The second kappa shape index (κ2) is 6.16. The zero-order valence-corrected chi connectivity index (χ0v) is 16.7. The fraction of sp³-hybridized carbons (Fsp3) is 0.652. The van der Waals surface area contributed by atoms with E-state index in [1.165, 1.54) is 0 Å². The molecule has 1 saturated heterocycles. The van der Waals surface area contributed by atoms with Crippen LogP contribution in [-0.2, 0) is 14.3 Å². The van der Waals surface area contributed by atoms with Crippen molar-refractivity contribution < 1.29 is 19.4 Å². The van der Waals surface area contributed by atoms with Crippen LogP contribution in [-0.4, -0.2) is 28.9 Å². The van der Waals surface area contributed by atoms with Crippen LogP contribution in [0.5, 0.6) is 5.75 Å². The molecule has 1 aliphatic heterocycles. The van der Waals surface area contributed by atoms with E-state index in [0.717, 1.165) is 18.4 Å². The number of hydrogen-bond donors (Lipinski definition) is 1. The molecule has 146 valence electrons. The topological polar surface area (TPSA) is 63.6 Å². The van der Waals surface area contributed by atoms with Crippen molar-refractivity contribution in [3.8, 4) is 5.75 Å². The van der Waals surface area contributed by atoms with E-state index in [4.69, 9.17) is 4.74 Å². The minimum Gasteiger partial charge on any atom is -0.508 e. The van der Waals surface area contributed by atoms with Crippen molar-refractivity contribution in [1.29, 1.82) is 0 Å². The van der Waals surface area contributed by atoms with Crippen LogP contribution in [0.2, 0.25) is 0 Å². The molecule has 0 bridgehead atoms. The van der Waals surface area contributed by atoms with E-state index in [1.807, 2.05) is 12.1 Å². The zero-order chi connectivity index (χ0) is 19.6. The van der Waals surface area contributed by atoms with Gasteiger partial charge in [0.15, 0.2) is 0 Å². The first-order valence-electron chi connectivity index (χ1n) is 10.1. The van der Waals surface area contributed by atoms with Crippen molar-refractivity contribution in [3.05, 3.63) is 29.8 Å². The van der Waals surface area contributed by atoms with Gasteiger partial charge in [0.05, 0.1) is 24.0 Å². The van der Waals surface area contributed by atoms with Crippen LogP contribution in [0.1, 0.15) is 64.9 Å². The summed E-state index contributed by atoms with van der Waals surface area (Å²) in [7, 11) is 0. The van der Waals surface area contributed by atoms with Crippen LogP contribution in [0.4, 0.5) is 0 Å². The molecule has 4 unspecified atom stereocenters. The standard InChI is InChI=1S/C23H30O4/c1-22(2)9-15(25)20-17(11-22)27-18-12-23(3,4)10-16(26)21(18)19(20)13-5-7-14(24)8-6-13/h5-8,17-21,24H,9-12H2,1-4H3. The maximum absolute atomic E-state index is 13.2. The van der Waals surface area contributed by atoms with Crippen molar-refractivity contribution in [3.63, 3.8) is 0 Å². The van der Waals surface area contributed by atoms with E-state index in [9.17, 15) is 14.7 Å². The van der Waals surface area contributed by atoms with Crippen molar-refractivity contribution >= 4 is 11.6 Å². The summed E-state index contributed by atoms with van der Waals surface area (Å²) in [5.41, 5.74) is 0.833. The SMILES string of the molecule is CC1(C)CC(=O)C2C(C1)OC1CC(C)(C)CC(=O)C1C2c1ccc(O)cc1.